The number of hydrogen-bond donors (Lipinski definition) is 1. The molecule has 0 unspecified atom stereocenters. The van der Waals surface area contributed by atoms with Gasteiger partial charge in [0, 0.05) is 31.1 Å². The summed E-state index contributed by atoms with van der Waals surface area (Å²) in [7, 11) is 3.97. The van der Waals surface area contributed by atoms with Gasteiger partial charge in [-0.15, -0.1) is 11.3 Å². The van der Waals surface area contributed by atoms with Gasteiger partial charge >= 0.3 is 0 Å². The van der Waals surface area contributed by atoms with Gasteiger partial charge < -0.3 is 10.5 Å². The molecule has 1 aromatic heterocycles. The number of thiazole rings is 1. The van der Waals surface area contributed by atoms with Crippen LogP contribution in [0.5, 0.6) is 0 Å². The fourth-order valence-corrected chi connectivity index (χ4v) is 3.38. The second-order valence-electron chi connectivity index (χ2n) is 5.20. The van der Waals surface area contributed by atoms with Crippen LogP contribution in [0.25, 0.3) is 0 Å². The number of aromatic nitrogens is 1. The Kier molecular flexibility index (Phi) is 4.72. The van der Waals surface area contributed by atoms with E-state index >= 15 is 0 Å². The van der Waals surface area contributed by atoms with E-state index in [1.54, 1.807) is 18.4 Å². The molecule has 1 aromatic rings. The molecule has 0 radical (unpaired) electrons. The van der Waals surface area contributed by atoms with Crippen LogP contribution in [0, 0.1) is 0 Å². The Morgan fingerprint density at radius 2 is 2.28 bits per heavy atom. The lowest BCUT2D eigenvalue weighted by atomic mass is 9.79. The van der Waals surface area contributed by atoms with E-state index in [1.807, 2.05) is 5.51 Å². The Hall–Kier alpha value is -0.490. The molecule has 0 amide bonds. The van der Waals surface area contributed by atoms with Gasteiger partial charge in [0.2, 0.25) is 0 Å². The first-order valence-electron chi connectivity index (χ1n) is 6.51. The van der Waals surface area contributed by atoms with Gasteiger partial charge in [-0.1, -0.05) is 0 Å². The van der Waals surface area contributed by atoms with Crippen LogP contribution in [0.1, 0.15) is 31.4 Å². The van der Waals surface area contributed by atoms with Crippen LogP contribution in [0.2, 0.25) is 0 Å². The predicted molar refractivity (Wildman–Crippen MR) is 74.6 cm³/mol. The quantitative estimate of drug-likeness (QED) is 0.886. The number of nitrogens with two attached hydrogens (primary N) is 1. The molecule has 5 heteroatoms. The van der Waals surface area contributed by atoms with E-state index in [4.69, 9.17) is 10.5 Å². The number of likely N-dealkylation sites (N-methyl/N-ethyl adjacent to an activating group) is 1. The Morgan fingerprint density at radius 1 is 1.56 bits per heavy atom. The second-order valence-corrected chi connectivity index (χ2v) is 5.92. The third-order valence-corrected chi connectivity index (χ3v) is 4.90. The van der Waals surface area contributed by atoms with Crippen LogP contribution in [0.15, 0.2) is 10.9 Å². The first-order chi connectivity index (χ1) is 8.70. The number of methoxy groups -OCH3 is 1. The third kappa shape index (κ3) is 2.91. The van der Waals surface area contributed by atoms with Crippen molar-refractivity contribution in [1.82, 2.24) is 9.88 Å². The van der Waals surface area contributed by atoms with Gasteiger partial charge in [0.25, 0.3) is 0 Å². The Morgan fingerprint density at radius 3 is 2.78 bits per heavy atom. The first-order valence-corrected chi connectivity index (χ1v) is 7.45. The molecule has 1 saturated carbocycles. The highest BCUT2D eigenvalue weighted by atomic mass is 32.1. The zero-order valence-corrected chi connectivity index (χ0v) is 12.1. The van der Waals surface area contributed by atoms with Crippen molar-refractivity contribution in [3.8, 4) is 0 Å². The standard InChI is InChI=1S/C13H23N3OS/c1-16(7-11-8-18-10-15-11)13(9-14)5-3-12(17-2)4-6-13/h8,10,12H,3-7,9,14H2,1-2H3. The molecular weight excluding hydrogens is 246 g/mol. The van der Waals surface area contributed by atoms with Crippen molar-refractivity contribution in [3.05, 3.63) is 16.6 Å². The van der Waals surface area contributed by atoms with Gasteiger partial charge in [-0.25, -0.2) is 4.98 Å². The molecule has 4 nitrogen and oxygen atoms in total. The summed E-state index contributed by atoms with van der Waals surface area (Å²) in [6, 6.07) is 0. The molecule has 0 saturated heterocycles. The number of nitrogens with zero attached hydrogens (tertiary/aromatic N) is 2. The number of hydrogen-bond acceptors (Lipinski definition) is 5. The van der Waals surface area contributed by atoms with E-state index in [2.05, 4.69) is 22.3 Å². The molecule has 0 bridgehead atoms. The van der Waals surface area contributed by atoms with E-state index in [-0.39, 0.29) is 5.54 Å². The van der Waals surface area contributed by atoms with Gasteiger partial charge in [0.15, 0.2) is 0 Å². The summed E-state index contributed by atoms with van der Waals surface area (Å²) < 4.78 is 5.44. The number of rotatable bonds is 5. The molecule has 1 heterocycles. The monoisotopic (exact) mass is 269 g/mol. The topological polar surface area (TPSA) is 51.4 Å². The van der Waals surface area contributed by atoms with Crippen LogP contribution >= 0.6 is 11.3 Å². The molecule has 0 atom stereocenters. The molecule has 1 aliphatic rings. The second kappa shape index (κ2) is 6.10. The summed E-state index contributed by atoms with van der Waals surface area (Å²) in [5.41, 5.74) is 9.21. The molecule has 0 spiro atoms. The van der Waals surface area contributed by atoms with Gasteiger partial charge in [-0.05, 0) is 32.7 Å². The molecule has 0 aliphatic heterocycles. The summed E-state index contributed by atoms with van der Waals surface area (Å²) >= 11 is 1.65. The van der Waals surface area contributed by atoms with Crippen molar-refractivity contribution < 1.29 is 4.74 Å². The average Bonchev–Trinajstić information content (AvgIpc) is 2.91. The minimum Gasteiger partial charge on any atom is -0.381 e. The Bertz CT molecular complexity index is 347. The van der Waals surface area contributed by atoms with E-state index in [9.17, 15) is 0 Å². The smallest absolute Gasteiger partial charge is 0.0795 e. The predicted octanol–water partition coefficient (Wildman–Crippen LogP) is 1.86. The summed E-state index contributed by atoms with van der Waals surface area (Å²) in [5, 5.41) is 2.11. The molecule has 18 heavy (non-hydrogen) atoms. The van der Waals surface area contributed by atoms with E-state index in [0.717, 1.165) is 37.9 Å². The fraction of sp³-hybridized carbons (Fsp3) is 0.769. The van der Waals surface area contributed by atoms with Crippen molar-refractivity contribution in [1.29, 1.82) is 0 Å². The van der Waals surface area contributed by atoms with E-state index < -0.39 is 0 Å². The normalized spacial score (nSPS) is 28.8. The first kappa shape index (κ1) is 13.9. The highest BCUT2D eigenvalue weighted by molar-refractivity contribution is 7.07. The van der Waals surface area contributed by atoms with Gasteiger partial charge in [-0.2, -0.15) is 0 Å². The lowest BCUT2D eigenvalue weighted by Crippen LogP contribution is -2.54. The fourth-order valence-electron chi connectivity index (χ4n) is 2.83. The van der Waals surface area contributed by atoms with Gasteiger partial charge in [-0.3, -0.25) is 4.90 Å². The summed E-state index contributed by atoms with van der Waals surface area (Å²) in [6.45, 7) is 1.60. The van der Waals surface area contributed by atoms with E-state index in [0.29, 0.717) is 12.6 Å². The maximum absolute atomic E-state index is 6.05. The third-order valence-electron chi connectivity index (χ3n) is 4.27. The summed E-state index contributed by atoms with van der Waals surface area (Å²) in [4.78, 5) is 6.74. The van der Waals surface area contributed by atoms with Crippen LogP contribution in [-0.4, -0.2) is 42.2 Å². The van der Waals surface area contributed by atoms with Crippen molar-refractivity contribution in [2.24, 2.45) is 5.73 Å². The van der Waals surface area contributed by atoms with E-state index in [1.165, 1.54) is 0 Å². The average molecular weight is 269 g/mol. The van der Waals surface area contributed by atoms with Crippen LogP contribution < -0.4 is 5.73 Å². The summed E-state index contributed by atoms with van der Waals surface area (Å²) in [6.07, 6.45) is 4.85. The SMILES string of the molecule is COC1CCC(CN)(N(C)Cc2cscn2)CC1. The van der Waals surface area contributed by atoms with Gasteiger partial charge in [0.05, 0.1) is 17.3 Å². The lowest BCUT2D eigenvalue weighted by Gasteiger charge is -2.45. The van der Waals surface area contributed by atoms with Crippen molar-refractivity contribution >= 4 is 11.3 Å². The van der Waals surface area contributed by atoms with Gasteiger partial charge in [0.1, 0.15) is 0 Å². The van der Waals surface area contributed by atoms with Crippen LogP contribution in [-0.2, 0) is 11.3 Å². The summed E-state index contributed by atoms with van der Waals surface area (Å²) in [5.74, 6) is 0. The molecule has 1 aliphatic carbocycles. The zero-order valence-electron chi connectivity index (χ0n) is 11.3. The minimum atomic E-state index is 0.124. The highest BCUT2D eigenvalue weighted by Gasteiger charge is 2.37. The lowest BCUT2D eigenvalue weighted by molar-refractivity contribution is 0.000164. The van der Waals surface area contributed by atoms with Crippen LogP contribution in [0.3, 0.4) is 0 Å². The minimum absolute atomic E-state index is 0.124. The van der Waals surface area contributed by atoms with Crippen LogP contribution in [0.4, 0.5) is 0 Å². The molecule has 0 aromatic carbocycles. The maximum Gasteiger partial charge on any atom is 0.0795 e. The Balaban J connectivity index is 1.99. The molecule has 2 rings (SSSR count). The molecular formula is C13H23N3OS. The molecule has 102 valence electrons. The zero-order chi connectivity index (χ0) is 13.0. The maximum atomic E-state index is 6.05. The number of ether oxygens (including phenoxy) is 1. The highest BCUT2D eigenvalue weighted by Crippen LogP contribution is 2.34. The Labute approximate surface area is 113 Å². The molecule has 2 N–H and O–H groups in total. The largest absolute Gasteiger partial charge is 0.381 e. The van der Waals surface area contributed by atoms with Crippen molar-refractivity contribution in [3.63, 3.8) is 0 Å². The van der Waals surface area contributed by atoms with Crippen molar-refractivity contribution in [2.75, 3.05) is 20.7 Å². The molecule has 1 fully saturated rings. The van der Waals surface area contributed by atoms with Crippen molar-refractivity contribution in [2.45, 2.75) is 43.9 Å².